The molecular weight excluding hydrogens is 697 g/mol. The van der Waals surface area contributed by atoms with Gasteiger partial charge < -0.3 is 31.9 Å². The molecule has 0 saturated carbocycles. The second kappa shape index (κ2) is 21.7. The van der Waals surface area contributed by atoms with Gasteiger partial charge in [0, 0.05) is 10.2 Å². The van der Waals surface area contributed by atoms with E-state index in [0.29, 0.717) is 36.3 Å². The normalized spacial score (nSPS) is 35.3. The summed E-state index contributed by atoms with van der Waals surface area (Å²) in [6, 6.07) is 3.01. The van der Waals surface area contributed by atoms with Crippen LogP contribution in [0.3, 0.4) is 0 Å². The quantitative estimate of drug-likeness (QED) is 0.363. The van der Waals surface area contributed by atoms with Crippen molar-refractivity contribution < 1.29 is 48.4 Å². The first kappa shape index (κ1) is 41.0. The van der Waals surface area contributed by atoms with E-state index in [2.05, 4.69) is 24.7 Å². The zero-order chi connectivity index (χ0) is 32.1. The van der Waals surface area contributed by atoms with E-state index in [-0.39, 0.29) is 25.5 Å². The van der Waals surface area contributed by atoms with Crippen LogP contribution in [0.1, 0.15) is 89.9 Å². The Labute approximate surface area is 301 Å². The van der Waals surface area contributed by atoms with Gasteiger partial charge >= 0.3 is 19.5 Å². The summed E-state index contributed by atoms with van der Waals surface area (Å²) in [4.78, 5) is 1.35. The molecule has 46 heavy (non-hydrogen) atoms. The summed E-state index contributed by atoms with van der Waals surface area (Å²) >= 11 is 3.86. The maximum Gasteiger partial charge on any atom is 2.00 e. The van der Waals surface area contributed by atoms with Gasteiger partial charge in [0.1, 0.15) is 0 Å². The average Bonchev–Trinajstić information content (AvgIpc) is 3.09. The molecular formula is C32H52ClN6O4S2Zn-5. The Morgan fingerprint density at radius 2 is 1.13 bits per heavy atom. The molecule has 0 radical (unpaired) electrons. The summed E-state index contributed by atoms with van der Waals surface area (Å²) in [5, 5.41) is 30.3. The fourth-order valence-electron chi connectivity index (χ4n) is 7.20. The molecule has 5 saturated heterocycles. The van der Waals surface area contributed by atoms with Crippen LogP contribution >= 0.6 is 23.5 Å². The SMILES string of the molecule is CSC1=CC(C2CCCC[N-]2)[N-]C(C2CCCC[N-]2)=C1.CSC1CC(C2CCCC[N-]2)[N-]C(C2CCCC[N-]2)C1.[O-][Cl+3]([O-])([O-])[O-].[Zn+2]. The molecule has 7 atom stereocenters. The van der Waals surface area contributed by atoms with E-state index in [1.165, 1.54) is 100 Å². The summed E-state index contributed by atoms with van der Waals surface area (Å²) in [6.45, 7) is 4.17. The predicted octanol–water partition coefficient (Wildman–Crippen LogP) is 4.44. The first-order valence-electron chi connectivity index (χ1n) is 16.9. The second-order valence-electron chi connectivity index (χ2n) is 12.8. The van der Waals surface area contributed by atoms with Crippen LogP contribution in [0, 0.1) is 10.2 Å². The maximum atomic E-state index is 8.49. The Balaban J connectivity index is 0.000000215. The van der Waals surface area contributed by atoms with Gasteiger partial charge in [0.2, 0.25) is 0 Å². The fraction of sp³-hybridized carbons (Fsp3) is 0.875. The Bertz CT molecular complexity index is 880. The monoisotopic (exact) mass is 747 g/mol. The molecule has 6 aliphatic heterocycles. The average molecular weight is 750 g/mol. The van der Waals surface area contributed by atoms with Crippen LogP contribution in [0.4, 0.5) is 0 Å². The Morgan fingerprint density at radius 1 is 0.652 bits per heavy atom. The van der Waals surface area contributed by atoms with Gasteiger partial charge in [0.25, 0.3) is 0 Å². The summed E-state index contributed by atoms with van der Waals surface area (Å²) in [7, 11) is -4.94. The van der Waals surface area contributed by atoms with E-state index < -0.39 is 10.2 Å². The van der Waals surface area contributed by atoms with Gasteiger partial charge in [-0.1, -0.05) is 102 Å². The maximum absolute atomic E-state index is 8.49. The number of thioether (sulfide) groups is 2. The van der Waals surface area contributed by atoms with E-state index >= 15 is 0 Å². The van der Waals surface area contributed by atoms with Crippen molar-refractivity contribution >= 4 is 23.5 Å². The molecule has 0 amide bonds. The number of hydrogen-bond donors (Lipinski definition) is 0. The zero-order valence-electron chi connectivity index (χ0n) is 27.7. The Hall–Kier alpha value is 0.533. The third-order valence-electron chi connectivity index (χ3n) is 9.56. The zero-order valence-corrected chi connectivity index (χ0v) is 33.1. The number of nitrogens with zero attached hydrogens (tertiary/aromatic N) is 6. The minimum Gasteiger partial charge on any atom is -0.684 e. The molecule has 6 heterocycles. The molecule has 0 aromatic rings. The molecule has 10 nitrogen and oxygen atoms in total. The van der Waals surface area contributed by atoms with Crippen molar-refractivity contribution in [3.63, 3.8) is 0 Å². The van der Waals surface area contributed by atoms with E-state index in [0.717, 1.165) is 31.4 Å². The first-order valence-corrected chi connectivity index (χ1v) is 20.7. The smallest absolute Gasteiger partial charge is 0.684 e. The summed E-state index contributed by atoms with van der Waals surface area (Å²) < 4.78 is 34.0. The molecule has 0 aromatic carbocycles. The van der Waals surface area contributed by atoms with E-state index in [1.807, 2.05) is 23.5 Å². The number of rotatable bonds is 6. The minimum absolute atomic E-state index is 0. The van der Waals surface area contributed by atoms with Crippen LogP contribution < -0.4 is 18.6 Å². The largest absolute Gasteiger partial charge is 2.00 e. The summed E-state index contributed by atoms with van der Waals surface area (Å²) in [6.07, 6.45) is 26.8. The van der Waals surface area contributed by atoms with Crippen LogP contribution in [0.2, 0.25) is 0 Å². The van der Waals surface area contributed by atoms with Gasteiger partial charge in [0.15, 0.2) is 0 Å². The number of piperidine rings is 5. The van der Waals surface area contributed by atoms with Crippen molar-refractivity contribution in [1.82, 2.24) is 0 Å². The number of allylic oxidation sites excluding steroid dienone is 1. The van der Waals surface area contributed by atoms with Crippen molar-refractivity contribution in [2.45, 2.75) is 137 Å². The van der Waals surface area contributed by atoms with Crippen LogP contribution in [0.25, 0.3) is 31.9 Å². The summed E-state index contributed by atoms with van der Waals surface area (Å²) in [5.74, 6) is 0. The van der Waals surface area contributed by atoms with Crippen LogP contribution in [-0.4, -0.2) is 86.2 Å². The van der Waals surface area contributed by atoms with Crippen LogP contribution in [0.5, 0.6) is 0 Å². The van der Waals surface area contributed by atoms with Gasteiger partial charge in [-0.05, 0) is 12.5 Å². The first-order chi connectivity index (χ1) is 21.7. The van der Waals surface area contributed by atoms with Crippen LogP contribution in [0.15, 0.2) is 22.8 Å². The standard InChI is InChI=1S/C16H28N3S.C16H24N3S.ClHO4.Zn/c2*1-20-12-10-15(13-6-2-4-8-17-13)19-16(11-12)14-7-3-5-9-18-14;2-1(3,4)5;/h12-16H,2-11H2,1H3;10-11,13-15H,2-9H2,1H3;(H,2,3,4,5);/q2*-3;;+2/p-1. The molecule has 260 valence electrons. The topological polar surface area (TPSA) is 177 Å². The van der Waals surface area contributed by atoms with Crippen molar-refractivity contribution in [1.29, 1.82) is 0 Å². The van der Waals surface area contributed by atoms with Crippen molar-refractivity contribution in [3.8, 4) is 0 Å². The molecule has 0 spiro atoms. The second-order valence-corrected chi connectivity index (χ2v) is 15.6. The molecule has 14 heteroatoms. The number of hydrogen-bond acceptors (Lipinski definition) is 6. The van der Waals surface area contributed by atoms with Crippen molar-refractivity contribution in [2.24, 2.45) is 0 Å². The fourth-order valence-corrected chi connectivity index (χ4v) is 8.49. The third kappa shape index (κ3) is 14.4. The van der Waals surface area contributed by atoms with Gasteiger partial charge in [-0.25, -0.2) is 18.6 Å². The van der Waals surface area contributed by atoms with E-state index in [9.17, 15) is 0 Å². The van der Waals surface area contributed by atoms with E-state index in [1.54, 1.807) is 0 Å². The van der Waals surface area contributed by atoms with Gasteiger partial charge in [-0.2, -0.15) is 41.6 Å². The molecule has 0 N–H and O–H groups in total. The predicted molar refractivity (Wildman–Crippen MR) is 178 cm³/mol. The van der Waals surface area contributed by atoms with Crippen LogP contribution in [-0.2, 0) is 19.5 Å². The molecule has 6 rings (SSSR count). The molecule has 5 fully saturated rings. The molecule has 7 unspecified atom stereocenters. The molecule has 6 aliphatic rings. The third-order valence-corrected chi connectivity index (χ3v) is 11.3. The molecule has 0 bridgehead atoms. The Kier molecular flexibility index (Phi) is 19.3. The van der Waals surface area contributed by atoms with Crippen molar-refractivity contribution in [3.05, 3.63) is 54.7 Å². The summed E-state index contributed by atoms with van der Waals surface area (Å²) in [5.41, 5.74) is 1.21. The van der Waals surface area contributed by atoms with Gasteiger partial charge in [-0.3, -0.25) is 0 Å². The van der Waals surface area contributed by atoms with Crippen molar-refractivity contribution in [2.75, 3.05) is 38.7 Å². The van der Waals surface area contributed by atoms with E-state index in [4.69, 9.17) is 50.5 Å². The number of halogens is 1. The molecule has 0 aromatic heterocycles. The Morgan fingerprint density at radius 3 is 1.54 bits per heavy atom. The van der Waals surface area contributed by atoms with Gasteiger partial charge in [-0.15, -0.1) is 66.3 Å². The minimum atomic E-state index is -4.94. The molecule has 0 aliphatic carbocycles. The van der Waals surface area contributed by atoms with Gasteiger partial charge in [0.05, 0.1) is 0 Å².